The van der Waals surface area contributed by atoms with E-state index in [9.17, 15) is 8.42 Å². The molecule has 0 saturated heterocycles. The molecule has 1 rings (SSSR count). The lowest BCUT2D eigenvalue weighted by Gasteiger charge is -2.32. The minimum Gasteiger partial charge on any atom is -0.303 e. The van der Waals surface area contributed by atoms with E-state index < -0.39 is 10.2 Å². The minimum atomic E-state index is -3.36. The van der Waals surface area contributed by atoms with Gasteiger partial charge in [0.15, 0.2) is 0 Å². The third-order valence-electron chi connectivity index (χ3n) is 3.58. The van der Waals surface area contributed by atoms with Crippen LogP contribution < -0.4 is 9.44 Å². The Balaban J connectivity index is 2.44. The molecule has 17 heavy (non-hydrogen) atoms. The van der Waals surface area contributed by atoms with Crippen molar-refractivity contribution in [3.8, 4) is 0 Å². The number of likely N-dealkylation sites (N-methyl/N-ethyl adjacent to an activating group) is 1. The Kier molecular flexibility index (Phi) is 4.95. The van der Waals surface area contributed by atoms with Gasteiger partial charge < -0.3 is 4.90 Å². The average molecular weight is 263 g/mol. The Labute approximate surface area is 105 Å². The van der Waals surface area contributed by atoms with E-state index >= 15 is 0 Å². The van der Waals surface area contributed by atoms with Crippen LogP contribution in [0.1, 0.15) is 39.5 Å². The standard InChI is InChI=1S/C11H25N3O2S/c1-11(2,14(3)4)9-12-17(15,16)13-10-7-5-6-8-10/h10,12-13H,5-9H2,1-4H3. The highest BCUT2D eigenvalue weighted by atomic mass is 32.2. The molecule has 0 unspecified atom stereocenters. The number of hydrogen-bond donors (Lipinski definition) is 2. The SMILES string of the molecule is CN(C)C(C)(C)CNS(=O)(=O)NC1CCCC1. The monoisotopic (exact) mass is 263 g/mol. The van der Waals surface area contributed by atoms with Gasteiger partial charge in [-0.2, -0.15) is 13.1 Å². The first-order valence-electron chi connectivity index (χ1n) is 6.17. The van der Waals surface area contributed by atoms with Crippen LogP contribution in [0.25, 0.3) is 0 Å². The van der Waals surface area contributed by atoms with Gasteiger partial charge in [0, 0.05) is 18.1 Å². The van der Waals surface area contributed by atoms with Crippen LogP contribution in [-0.2, 0) is 10.2 Å². The van der Waals surface area contributed by atoms with Crippen molar-refractivity contribution >= 4 is 10.2 Å². The van der Waals surface area contributed by atoms with Gasteiger partial charge in [0.2, 0.25) is 0 Å². The van der Waals surface area contributed by atoms with Crippen LogP contribution in [0, 0.1) is 0 Å². The molecule has 0 heterocycles. The Hall–Kier alpha value is -0.170. The number of nitrogens with zero attached hydrogens (tertiary/aromatic N) is 1. The predicted octanol–water partition coefficient (Wildman–Crippen LogP) is 0.693. The molecule has 0 amide bonds. The molecule has 102 valence electrons. The van der Waals surface area contributed by atoms with E-state index in [2.05, 4.69) is 9.44 Å². The van der Waals surface area contributed by atoms with Crippen LogP contribution in [0.15, 0.2) is 0 Å². The number of nitrogens with one attached hydrogen (secondary N) is 2. The van der Waals surface area contributed by atoms with Gasteiger partial charge in [-0.15, -0.1) is 0 Å². The zero-order chi connectivity index (χ0) is 13.1. The molecule has 6 heteroatoms. The Morgan fingerprint density at radius 1 is 1.24 bits per heavy atom. The van der Waals surface area contributed by atoms with E-state index in [-0.39, 0.29) is 11.6 Å². The lowest BCUT2D eigenvalue weighted by atomic mass is 10.1. The second kappa shape index (κ2) is 5.65. The van der Waals surface area contributed by atoms with Crippen molar-refractivity contribution in [3.05, 3.63) is 0 Å². The van der Waals surface area contributed by atoms with Gasteiger partial charge in [0.1, 0.15) is 0 Å². The predicted molar refractivity (Wildman–Crippen MR) is 70.1 cm³/mol. The van der Waals surface area contributed by atoms with Gasteiger partial charge in [-0.05, 0) is 40.8 Å². The Morgan fingerprint density at radius 2 is 1.76 bits per heavy atom. The van der Waals surface area contributed by atoms with Crippen LogP contribution in [0.2, 0.25) is 0 Å². The quantitative estimate of drug-likeness (QED) is 0.741. The van der Waals surface area contributed by atoms with Crippen LogP contribution in [0.3, 0.4) is 0 Å². The maximum Gasteiger partial charge on any atom is 0.277 e. The summed E-state index contributed by atoms with van der Waals surface area (Å²) >= 11 is 0. The molecular formula is C11H25N3O2S. The highest BCUT2D eigenvalue weighted by Crippen LogP contribution is 2.18. The Bertz CT molecular complexity index is 333. The van der Waals surface area contributed by atoms with Crippen molar-refractivity contribution in [2.75, 3.05) is 20.6 Å². The Morgan fingerprint density at radius 3 is 2.24 bits per heavy atom. The highest BCUT2D eigenvalue weighted by Gasteiger charge is 2.25. The summed E-state index contributed by atoms with van der Waals surface area (Å²) in [7, 11) is 0.528. The lowest BCUT2D eigenvalue weighted by molar-refractivity contribution is 0.198. The molecule has 0 aromatic carbocycles. The molecule has 0 spiro atoms. The summed E-state index contributed by atoms with van der Waals surface area (Å²) in [6.45, 7) is 4.41. The first-order valence-corrected chi connectivity index (χ1v) is 7.66. The summed E-state index contributed by atoms with van der Waals surface area (Å²) in [4.78, 5) is 2.01. The van der Waals surface area contributed by atoms with Gasteiger partial charge >= 0.3 is 0 Å². The van der Waals surface area contributed by atoms with E-state index in [1.807, 2.05) is 32.8 Å². The zero-order valence-corrected chi connectivity index (χ0v) is 12.1. The minimum absolute atomic E-state index is 0.120. The fourth-order valence-electron chi connectivity index (χ4n) is 1.73. The molecule has 0 aromatic rings. The molecule has 0 aromatic heterocycles. The summed E-state index contributed by atoms with van der Waals surface area (Å²) in [6, 6.07) is 0.120. The molecule has 2 N–H and O–H groups in total. The molecule has 1 aliphatic rings. The maximum absolute atomic E-state index is 11.8. The van der Waals surface area contributed by atoms with E-state index in [1.165, 1.54) is 0 Å². The fraction of sp³-hybridized carbons (Fsp3) is 1.00. The van der Waals surface area contributed by atoms with Crippen LogP contribution in [-0.4, -0.2) is 45.5 Å². The maximum atomic E-state index is 11.8. The van der Waals surface area contributed by atoms with Crippen LogP contribution in [0.5, 0.6) is 0 Å². The molecule has 5 nitrogen and oxygen atoms in total. The third-order valence-corrected chi connectivity index (χ3v) is 4.75. The van der Waals surface area contributed by atoms with Crippen LogP contribution in [0.4, 0.5) is 0 Å². The molecule has 1 aliphatic carbocycles. The van der Waals surface area contributed by atoms with Crippen molar-refractivity contribution < 1.29 is 8.42 Å². The molecule has 0 bridgehead atoms. The topological polar surface area (TPSA) is 61.4 Å². The highest BCUT2D eigenvalue weighted by molar-refractivity contribution is 7.87. The van der Waals surface area contributed by atoms with Crippen molar-refractivity contribution in [1.82, 2.24) is 14.3 Å². The fourth-order valence-corrected chi connectivity index (χ4v) is 3.04. The third kappa shape index (κ3) is 4.91. The molecule has 0 atom stereocenters. The zero-order valence-electron chi connectivity index (χ0n) is 11.3. The van der Waals surface area contributed by atoms with E-state index in [4.69, 9.17) is 0 Å². The average Bonchev–Trinajstić information content (AvgIpc) is 2.67. The molecule has 1 fully saturated rings. The summed E-state index contributed by atoms with van der Waals surface area (Å²) in [5, 5.41) is 0. The van der Waals surface area contributed by atoms with Crippen molar-refractivity contribution in [1.29, 1.82) is 0 Å². The van der Waals surface area contributed by atoms with Gasteiger partial charge in [0.05, 0.1) is 0 Å². The summed E-state index contributed by atoms with van der Waals surface area (Å²) in [5.41, 5.74) is -0.190. The molecule has 0 aliphatic heterocycles. The first-order chi connectivity index (χ1) is 7.73. The second-order valence-corrected chi connectivity index (χ2v) is 7.16. The number of rotatable bonds is 6. The summed E-state index contributed by atoms with van der Waals surface area (Å²) in [6.07, 6.45) is 4.16. The van der Waals surface area contributed by atoms with E-state index in [0.717, 1.165) is 25.7 Å². The van der Waals surface area contributed by atoms with Gasteiger partial charge in [0.25, 0.3) is 10.2 Å². The first kappa shape index (κ1) is 14.9. The van der Waals surface area contributed by atoms with Crippen LogP contribution >= 0.6 is 0 Å². The molecule has 0 radical (unpaired) electrons. The van der Waals surface area contributed by atoms with Gasteiger partial charge in [-0.3, -0.25) is 0 Å². The normalized spacial score (nSPS) is 19.1. The van der Waals surface area contributed by atoms with Crippen molar-refractivity contribution in [2.24, 2.45) is 0 Å². The number of hydrogen-bond acceptors (Lipinski definition) is 3. The van der Waals surface area contributed by atoms with Crippen molar-refractivity contribution in [3.63, 3.8) is 0 Å². The lowest BCUT2D eigenvalue weighted by Crippen LogP contribution is -2.51. The smallest absolute Gasteiger partial charge is 0.277 e. The van der Waals surface area contributed by atoms with Gasteiger partial charge in [-0.1, -0.05) is 12.8 Å². The molecular weight excluding hydrogens is 238 g/mol. The van der Waals surface area contributed by atoms with Gasteiger partial charge in [-0.25, -0.2) is 4.72 Å². The summed E-state index contributed by atoms with van der Waals surface area (Å²) < 4.78 is 29.0. The molecule has 1 saturated carbocycles. The second-order valence-electron chi connectivity index (χ2n) is 5.63. The van der Waals surface area contributed by atoms with E-state index in [0.29, 0.717) is 6.54 Å². The van der Waals surface area contributed by atoms with E-state index in [1.54, 1.807) is 0 Å². The largest absolute Gasteiger partial charge is 0.303 e. The summed E-state index contributed by atoms with van der Waals surface area (Å²) in [5.74, 6) is 0. The van der Waals surface area contributed by atoms with Crippen molar-refractivity contribution in [2.45, 2.75) is 51.1 Å².